The molecule has 1 rings (SSSR count). The maximum Gasteiger partial charge on any atom is 0.318 e. The quantitative estimate of drug-likeness (QED) is 0.713. The molecule has 0 amide bonds. The molecule has 0 aliphatic carbocycles. The number of benzene rings is 1. The summed E-state index contributed by atoms with van der Waals surface area (Å²) in [5.41, 5.74) is 0.725. The lowest BCUT2D eigenvalue weighted by Gasteiger charge is -2.02. The Hall–Kier alpha value is -1.34. The van der Waals surface area contributed by atoms with Gasteiger partial charge in [-0.05, 0) is 5.56 Å². The molecule has 1 aromatic carbocycles. The summed E-state index contributed by atoms with van der Waals surface area (Å²) < 4.78 is 23.0. The molecule has 0 spiro atoms. The Bertz CT molecular complexity index is 431. The molecule has 74 valence electrons. The van der Waals surface area contributed by atoms with Crippen LogP contribution in [0.5, 0.6) is 0 Å². The lowest BCUT2D eigenvalue weighted by molar-refractivity contribution is 0.590. The van der Waals surface area contributed by atoms with Gasteiger partial charge in [-0.2, -0.15) is 0 Å². The average Bonchev–Trinajstić information content (AvgIpc) is 2.17. The Labute approximate surface area is 84.1 Å². The van der Waals surface area contributed by atoms with Gasteiger partial charge in [0.25, 0.3) is 0 Å². The number of hydrogen-bond acceptors (Lipinski definition) is 2. The van der Waals surface area contributed by atoms with E-state index in [-0.39, 0.29) is 5.75 Å². The number of hydrogen-bond donors (Lipinski definition) is 0. The van der Waals surface area contributed by atoms with Crippen LogP contribution in [0.2, 0.25) is 0 Å². The van der Waals surface area contributed by atoms with E-state index in [0.717, 1.165) is 5.56 Å². The second-order valence-electron chi connectivity index (χ2n) is 3.02. The largest absolute Gasteiger partial charge is 0.318 e. The van der Waals surface area contributed by atoms with Crippen LogP contribution in [0.4, 0.5) is 0 Å². The van der Waals surface area contributed by atoms with Gasteiger partial charge in [0.1, 0.15) is 0 Å². The SMILES string of the molecule is [C-]#[N+]C(C)S(=O)(=O)Cc1ccccc1. The second-order valence-corrected chi connectivity index (χ2v) is 5.32. The minimum atomic E-state index is -3.32. The Morgan fingerprint density at radius 2 is 1.93 bits per heavy atom. The fourth-order valence-corrected chi connectivity index (χ4v) is 2.07. The van der Waals surface area contributed by atoms with Gasteiger partial charge in [-0.15, -0.1) is 0 Å². The summed E-state index contributed by atoms with van der Waals surface area (Å²) in [6, 6.07) is 8.89. The standard InChI is InChI=1S/C10H11NO2S/c1-9(11-2)14(12,13)8-10-6-4-3-5-7-10/h3-7,9H,8H2,1H3. The topological polar surface area (TPSA) is 38.5 Å². The maximum absolute atomic E-state index is 11.5. The smallest absolute Gasteiger partial charge is 0.297 e. The molecule has 0 aliphatic rings. The van der Waals surface area contributed by atoms with Crippen molar-refractivity contribution in [2.45, 2.75) is 18.1 Å². The Kier molecular flexibility index (Phi) is 3.26. The lowest BCUT2D eigenvalue weighted by atomic mass is 10.2. The van der Waals surface area contributed by atoms with Gasteiger partial charge >= 0.3 is 5.37 Å². The predicted octanol–water partition coefficient (Wildman–Crippen LogP) is 1.87. The van der Waals surface area contributed by atoms with Crippen molar-refractivity contribution < 1.29 is 8.42 Å². The zero-order valence-electron chi connectivity index (χ0n) is 7.84. The first-order valence-corrected chi connectivity index (χ1v) is 5.90. The van der Waals surface area contributed by atoms with Gasteiger partial charge in [0.05, 0.1) is 5.75 Å². The summed E-state index contributed by atoms with van der Waals surface area (Å²) in [5.74, 6) is -0.0581. The molecule has 1 atom stereocenters. The van der Waals surface area contributed by atoms with Crippen LogP contribution in [0.15, 0.2) is 30.3 Å². The summed E-state index contributed by atoms with van der Waals surface area (Å²) in [4.78, 5) is 3.02. The Morgan fingerprint density at radius 3 is 2.43 bits per heavy atom. The van der Waals surface area contributed by atoms with E-state index in [0.29, 0.717) is 0 Å². The highest BCUT2D eigenvalue weighted by atomic mass is 32.2. The first kappa shape index (κ1) is 10.7. The molecule has 0 radical (unpaired) electrons. The van der Waals surface area contributed by atoms with E-state index in [1.54, 1.807) is 24.3 Å². The summed E-state index contributed by atoms with van der Waals surface area (Å²) in [6.45, 7) is 8.08. The molecule has 0 aromatic heterocycles. The zero-order valence-corrected chi connectivity index (χ0v) is 8.66. The summed E-state index contributed by atoms with van der Waals surface area (Å²) >= 11 is 0. The molecule has 1 unspecified atom stereocenters. The van der Waals surface area contributed by atoms with Crippen LogP contribution in [0, 0.1) is 6.57 Å². The summed E-state index contributed by atoms with van der Waals surface area (Å²) in [5, 5.41) is -0.956. The fourth-order valence-electron chi connectivity index (χ4n) is 1.01. The Morgan fingerprint density at radius 1 is 1.36 bits per heavy atom. The van der Waals surface area contributed by atoms with Gasteiger partial charge in [-0.3, -0.25) is 4.85 Å². The van der Waals surface area contributed by atoms with Crippen LogP contribution in [-0.2, 0) is 15.6 Å². The number of rotatable bonds is 3. The maximum atomic E-state index is 11.5. The molecule has 0 fully saturated rings. The Balaban J connectivity index is 2.86. The van der Waals surface area contributed by atoms with E-state index in [9.17, 15) is 8.42 Å². The summed E-state index contributed by atoms with van der Waals surface area (Å²) in [7, 11) is -3.32. The molecule has 3 nitrogen and oxygen atoms in total. The van der Waals surface area contributed by atoms with Crippen LogP contribution in [0.25, 0.3) is 4.85 Å². The summed E-state index contributed by atoms with van der Waals surface area (Å²) in [6.07, 6.45) is 0. The number of sulfone groups is 1. The molecule has 0 bridgehead atoms. The molecular formula is C10H11NO2S. The van der Waals surface area contributed by atoms with Gasteiger partial charge in [-0.25, -0.2) is 15.0 Å². The average molecular weight is 209 g/mol. The van der Waals surface area contributed by atoms with E-state index in [4.69, 9.17) is 6.57 Å². The van der Waals surface area contributed by atoms with Crippen molar-refractivity contribution in [1.82, 2.24) is 0 Å². The van der Waals surface area contributed by atoms with Crippen molar-refractivity contribution in [1.29, 1.82) is 0 Å². The zero-order chi connectivity index (χ0) is 10.6. The van der Waals surface area contributed by atoms with Crippen molar-refractivity contribution in [2.75, 3.05) is 0 Å². The normalized spacial score (nSPS) is 13.1. The van der Waals surface area contributed by atoms with E-state index >= 15 is 0 Å². The van der Waals surface area contributed by atoms with Crippen molar-refractivity contribution in [2.24, 2.45) is 0 Å². The minimum Gasteiger partial charge on any atom is -0.297 e. The molecule has 4 heteroatoms. The molecule has 1 aromatic rings. The number of nitrogens with zero attached hydrogens (tertiary/aromatic N) is 1. The van der Waals surface area contributed by atoms with Crippen molar-refractivity contribution in [3.63, 3.8) is 0 Å². The van der Waals surface area contributed by atoms with Crippen LogP contribution < -0.4 is 0 Å². The third-order valence-corrected chi connectivity index (χ3v) is 3.79. The van der Waals surface area contributed by atoms with Gasteiger partial charge in [0, 0.05) is 6.92 Å². The van der Waals surface area contributed by atoms with Crippen molar-refractivity contribution in [3.8, 4) is 0 Å². The van der Waals surface area contributed by atoms with Crippen LogP contribution in [0.1, 0.15) is 12.5 Å². The molecule has 0 N–H and O–H groups in total. The van der Waals surface area contributed by atoms with E-state index in [1.807, 2.05) is 6.07 Å². The van der Waals surface area contributed by atoms with Crippen LogP contribution >= 0.6 is 0 Å². The molecule has 0 saturated heterocycles. The monoisotopic (exact) mass is 209 g/mol. The molecular weight excluding hydrogens is 198 g/mol. The first-order valence-electron chi connectivity index (χ1n) is 4.18. The molecule has 14 heavy (non-hydrogen) atoms. The van der Waals surface area contributed by atoms with E-state index in [1.165, 1.54) is 6.92 Å². The van der Waals surface area contributed by atoms with Gasteiger partial charge in [0.15, 0.2) is 0 Å². The van der Waals surface area contributed by atoms with Crippen molar-refractivity contribution in [3.05, 3.63) is 47.3 Å². The minimum absolute atomic E-state index is 0.0581. The molecule has 0 heterocycles. The predicted molar refractivity (Wildman–Crippen MR) is 55.1 cm³/mol. The van der Waals surface area contributed by atoms with Crippen molar-refractivity contribution >= 4 is 9.84 Å². The highest BCUT2D eigenvalue weighted by Crippen LogP contribution is 2.11. The van der Waals surface area contributed by atoms with E-state index in [2.05, 4.69) is 4.85 Å². The first-order chi connectivity index (χ1) is 6.56. The van der Waals surface area contributed by atoms with Gasteiger partial charge < -0.3 is 0 Å². The lowest BCUT2D eigenvalue weighted by Crippen LogP contribution is -2.15. The third kappa shape index (κ3) is 2.57. The van der Waals surface area contributed by atoms with Gasteiger partial charge in [0.2, 0.25) is 9.84 Å². The van der Waals surface area contributed by atoms with Crippen LogP contribution in [0.3, 0.4) is 0 Å². The fraction of sp³-hybridized carbons (Fsp3) is 0.300. The highest BCUT2D eigenvalue weighted by molar-refractivity contribution is 7.91. The molecule has 0 aliphatic heterocycles. The highest BCUT2D eigenvalue weighted by Gasteiger charge is 2.25. The van der Waals surface area contributed by atoms with Gasteiger partial charge in [-0.1, -0.05) is 30.3 Å². The van der Waals surface area contributed by atoms with E-state index < -0.39 is 15.2 Å². The van der Waals surface area contributed by atoms with Crippen LogP contribution in [-0.4, -0.2) is 13.8 Å². The molecule has 0 saturated carbocycles. The second kappa shape index (κ2) is 4.25. The third-order valence-electron chi connectivity index (χ3n) is 1.91.